The van der Waals surface area contributed by atoms with E-state index >= 15 is 0 Å². The molecule has 1 N–H and O–H groups in total. The number of hydrogen-bond acceptors (Lipinski definition) is 2. The average molecular weight is 383 g/mol. The van der Waals surface area contributed by atoms with Crippen LogP contribution in [0.15, 0.2) is 39.3 Å². The number of aliphatic hydroxyl groups is 1. The SMILES string of the molecule is OC(c1cc(Br)cc(Br)c1)c1ccc(Cl)s1. The van der Waals surface area contributed by atoms with E-state index < -0.39 is 6.10 Å². The molecule has 0 saturated carbocycles. The first-order valence-electron chi connectivity index (χ1n) is 4.45. The minimum atomic E-state index is -0.633. The summed E-state index contributed by atoms with van der Waals surface area (Å²) in [5, 5.41) is 10.2. The monoisotopic (exact) mass is 380 g/mol. The van der Waals surface area contributed by atoms with Crippen molar-refractivity contribution in [3.8, 4) is 0 Å². The first-order valence-corrected chi connectivity index (χ1v) is 7.23. The number of aliphatic hydroxyl groups excluding tert-OH is 1. The van der Waals surface area contributed by atoms with Crippen LogP contribution < -0.4 is 0 Å². The summed E-state index contributed by atoms with van der Waals surface area (Å²) in [6.07, 6.45) is -0.633. The maximum Gasteiger partial charge on any atom is 0.113 e. The van der Waals surface area contributed by atoms with E-state index in [9.17, 15) is 5.11 Å². The normalized spacial score (nSPS) is 12.8. The highest BCUT2D eigenvalue weighted by Gasteiger charge is 2.13. The van der Waals surface area contributed by atoms with Crippen LogP contribution in [-0.2, 0) is 0 Å². The van der Waals surface area contributed by atoms with Crippen molar-refractivity contribution < 1.29 is 5.11 Å². The molecule has 0 spiro atoms. The van der Waals surface area contributed by atoms with Gasteiger partial charge in [0.05, 0.1) is 4.34 Å². The molecule has 0 aliphatic heterocycles. The standard InChI is InChI=1S/C11H7Br2ClOS/c12-7-3-6(4-8(13)5-7)11(15)9-1-2-10(14)16-9/h1-5,11,15H. The molecular weight excluding hydrogens is 375 g/mol. The smallest absolute Gasteiger partial charge is 0.113 e. The van der Waals surface area contributed by atoms with Crippen LogP contribution in [0.2, 0.25) is 4.34 Å². The fraction of sp³-hybridized carbons (Fsp3) is 0.0909. The first-order chi connectivity index (χ1) is 7.56. The summed E-state index contributed by atoms with van der Waals surface area (Å²) in [5.74, 6) is 0. The molecular formula is C11H7Br2ClOS. The van der Waals surface area contributed by atoms with Crippen molar-refractivity contribution in [2.75, 3.05) is 0 Å². The van der Waals surface area contributed by atoms with E-state index in [1.165, 1.54) is 11.3 Å². The van der Waals surface area contributed by atoms with E-state index in [2.05, 4.69) is 31.9 Å². The Kier molecular flexibility index (Phi) is 4.08. The topological polar surface area (TPSA) is 20.2 Å². The van der Waals surface area contributed by atoms with Crippen molar-refractivity contribution >= 4 is 54.8 Å². The summed E-state index contributed by atoms with van der Waals surface area (Å²) in [5.41, 5.74) is 0.833. The van der Waals surface area contributed by atoms with E-state index in [1.807, 2.05) is 24.3 Å². The molecule has 0 aliphatic carbocycles. The molecule has 16 heavy (non-hydrogen) atoms. The van der Waals surface area contributed by atoms with Crippen LogP contribution in [-0.4, -0.2) is 5.11 Å². The summed E-state index contributed by atoms with van der Waals surface area (Å²) in [6, 6.07) is 9.34. The summed E-state index contributed by atoms with van der Waals surface area (Å²) in [7, 11) is 0. The van der Waals surface area contributed by atoms with E-state index in [0.29, 0.717) is 4.34 Å². The molecule has 0 amide bonds. The molecule has 0 radical (unpaired) electrons. The van der Waals surface area contributed by atoms with Gasteiger partial charge in [0.2, 0.25) is 0 Å². The maximum atomic E-state index is 10.2. The average Bonchev–Trinajstić information content (AvgIpc) is 2.62. The highest BCUT2D eigenvalue weighted by atomic mass is 79.9. The molecule has 0 saturated heterocycles. The fourth-order valence-corrected chi connectivity index (χ4v) is 3.78. The van der Waals surface area contributed by atoms with Gasteiger partial charge in [-0.1, -0.05) is 43.5 Å². The maximum absolute atomic E-state index is 10.2. The van der Waals surface area contributed by atoms with Crippen LogP contribution in [0.5, 0.6) is 0 Å². The third kappa shape index (κ3) is 2.87. The highest BCUT2D eigenvalue weighted by molar-refractivity contribution is 9.11. The van der Waals surface area contributed by atoms with Gasteiger partial charge in [-0.25, -0.2) is 0 Å². The van der Waals surface area contributed by atoms with Crippen molar-refractivity contribution in [2.24, 2.45) is 0 Å². The molecule has 5 heteroatoms. The van der Waals surface area contributed by atoms with Gasteiger partial charge in [-0.2, -0.15) is 0 Å². The number of benzene rings is 1. The number of rotatable bonds is 2. The van der Waals surface area contributed by atoms with Gasteiger partial charge in [0.15, 0.2) is 0 Å². The third-order valence-corrected chi connectivity index (χ3v) is 4.26. The molecule has 1 unspecified atom stereocenters. The minimum Gasteiger partial charge on any atom is -0.383 e. The zero-order valence-electron chi connectivity index (χ0n) is 7.95. The molecule has 2 aromatic rings. The van der Waals surface area contributed by atoms with E-state index in [0.717, 1.165) is 19.4 Å². The molecule has 2 rings (SSSR count). The number of hydrogen-bond donors (Lipinski definition) is 1. The lowest BCUT2D eigenvalue weighted by Gasteiger charge is -2.09. The second-order valence-electron chi connectivity index (χ2n) is 3.25. The Morgan fingerprint density at radius 2 is 1.75 bits per heavy atom. The van der Waals surface area contributed by atoms with Crippen LogP contribution in [0, 0.1) is 0 Å². The van der Waals surface area contributed by atoms with Crippen molar-refractivity contribution in [1.29, 1.82) is 0 Å². The van der Waals surface area contributed by atoms with Gasteiger partial charge in [-0.05, 0) is 35.9 Å². The molecule has 1 aromatic heterocycles. The van der Waals surface area contributed by atoms with Crippen molar-refractivity contribution in [3.63, 3.8) is 0 Å². The highest BCUT2D eigenvalue weighted by Crippen LogP contribution is 2.33. The van der Waals surface area contributed by atoms with Crippen molar-refractivity contribution in [1.82, 2.24) is 0 Å². The van der Waals surface area contributed by atoms with Gasteiger partial charge < -0.3 is 5.11 Å². The van der Waals surface area contributed by atoms with Crippen molar-refractivity contribution in [3.05, 3.63) is 54.1 Å². The Bertz CT molecular complexity index is 492. The summed E-state index contributed by atoms with van der Waals surface area (Å²) < 4.78 is 2.54. The molecule has 1 atom stereocenters. The molecule has 1 nitrogen and oxygen atoms in total. The van der Waals surface area contributed by atoms with Gasteiger partial charge in [-0.15, -0.1) is 11.3 Å². The lowest BCUT2D eigenvalue weighted by Crippen LogP contribution is -1.96. The Labute approximate surface area is 119 Å². The largest absolute Gasteiger partial charge is 0.383 e. The lowest BCUT2D eigenvalue weighted by atomic mass is 10.1. The van der Waals surface area contributed by atoms with E-state index in [1.54, 1.807) is 6.07 Å². The second kappa shape index (κ2) is 5.19. The van der Waals surface area contributed by atoms with E-state index in [4.69, 9.17) is 11.6 Å². The number of thiophene rings is 1. The minimum absolute atomic E-state index is 0.633. The Balaban J connectivity index is 2.37. The van der Waals surface area contributed by atoms with Gasteiger partial charge in [-0.3, -0.25) is 0 Å². The molecule has 0 aliphatic rings. The van der Waals surface area contributed by atoms with Crippen LogP contribution in [0.3, 0.4) is 0 Å². The van der Waals surface area contributed by atoms with Crippen LogP contribution in [0.4, 0.5) is 0 Å². The van der Waals surface area contributed by atoms with Gasteiger partial charge in [0.1, 0.15) is 6.10 Å². The summed E-state index contributed by atoms with van der Waals surface area (Å²) in [6.45, 7) is 0. The van der Waals surface area contributed by atoms with Crippen LogP contribution >= 0.6 is 54.8 Å². The summed E-state index contributed by atoms with van der Waals surface area (Å²) in [4.78, 5) is 0.843. The third-order valence-electron chi connectivity index (χ3n) is 2.06. The zero-order chi connectivity index (χ0) is 11.7. The van der Waals surface area contributed by atoms with Crippen LogP contribution in [0.25, 0.3) is 0 Å². The first kappa shape index (κ1) is 12.6. The van der Waals surface area contributed by atoms with Gasteiger partial charge in [0.25, 0.3) is 0 Å². The lowest BCUT2D eigenvalue weighted by molar-refractivity contribution is 0.224. The second-order valence-corrected chi connectivity index (χ2v) is 6.83. The quantitative estimate of drug-likeness (QED) is 0.774. The molecule has 84 valence electrons. The predicted molar refractivity (Wildman–Crippen MR) is 75.2 cm³/mol. The van der Waals surface area contributed by atoms with E-state index in [-0.39, 0.29) is 0 Å². The Morgan fingerprint density at radius 1 is 1.12 bits per heavy atom. The molecule has 0 bridgehead atoms. The van der Waals surface area contributed by atoms with Crippen molar-refractivity contribution in [2.45, 2.75) is 6.10 Å². The number of halogens is 3. The predicted octanol–water partition coefficient (Wildman–Crippen LogP) is 5.01. The van der Waals surface area contributed by atoms with Gasteiger partial charge >= 0.3 is 0 Å². The molecule has 1 heterocycles. The van der Waals surface area contributed by atoms with Gasteiger partial charge in [0, 0.05) is 13.8 Å². The molecule has 0 fully saturated rings. The summed E-state index contributed by atoms with van der Waals surface area (Å²) >= 11 is 14.0. The molecule has 1 aromatic carbocycles. The fourth-order valence-electron chi connectivity index (χ4n) is 1.37. The zero-order valence-corrected chi connectivity index (χ0v) is 12.7. The Morgan fingerprint density at radius 3 is 2.25 bits per heavy atom. The van der Waals surface area contributed by atoms with Crippen LogP contribution in [0.1, 0.15) is 16.5 Å². The Hall–Kier alpha value is 0.130.